The lowest BCUT2D eigenvalue weighted by atomic mass is 9.97. The van der Waals surface area contributed by atoms with Gasteiger partial charge in [0, 0.05) is 12.5 Å². The minimum atomic E-state index is -1.81. The predicted octanol–water partition coefficient (Wildman–Crippen LogP) is 0.392. The Hall–Kier alpha value is -6.57. The lowest BCUT2D eigenvalue weighted by Crippen LogP contribution is -2.60. The molecule has 2 aromatic carbocycles. The molecule has 0 aliphatic carbocycles. The molecule has 0 saturated heterocycles. The zero-order chi connectivity index (χ0) is 47.9. The van der Waals surface area contributed by atoms with Crippen LogP contribution in [-0.4, -0.2) is 110 Å². The molecule has 0 fully saturated rings. The molecular formula is C43H61N7O13. The number of phenolic OH excluding ortho intramolecular Hbond substituents is 2. The van der Waals surface area contributed by atoms with Crippen molar-refractivity contribution in [3.63, 3.8) is 0 Å². The van der Waals surface area contributed by atoms with Crippen molar-refractivity contribution in [1.29, 1.82) is 0 Å². The van der Waals surface area contributed by atoms with Crippen LogP contribution in [0.25, 0.3) is 0 Å². The fourth-order valence-electron chi connectivity index (χ4n) is 6.24. The normalized spacial score (nSPS) is 14.6. The van der Waals surface area contributed by atoms with Crippen molar-refractivity contribution in [2.75, 3.05) is 0 Å². The van der Waals surface area contributed by atoms with Crippen LogP contribution in [0.4, 0.5) is 0 Å². The molecule has 0 saturated carbocycles. The maximum atomic E-state index is 14.1. The quantitative estimate of drug-likeness (QED) is 0.0636. The molecule has 63 heavy (non-hydrogen) atoms. The van der Waals surface area contributed by atoms with Crippen molar-refractivity contribution >= 4 is 53.2 Å². The second-order valence-corrected chi connectivity index (χ2v) is 16.7. The molecule has 0 spiro atoms. The molecule has 20 nitrogen and oxygen atoms in total. The number of hydrogen-bond acceptors (Lipinski definition) is 12. The summed E-state index contributed by atoms with van der Waals surface area (Å²) in [4.78, 5) is 118. The van der Waals surface area contributed by atoms with Crippen LogP contribution in [0.2, 0.25) is 0 Å². The smallest absolute Gasteiger partial charge is 0.326 e. The van der Waals surface area contributed by atoms with E-state index in [9.17, 15) is 58.5 Å². The van der Waals surface area contributed by atoms with E-state index in [0.29, 0.717) is 5.56 Å². The number of nitrogens with one attached hydrogen (secondary N) is 6. The fourth-order valence-corrected chi connectivity index (χ4v) is 6.24. The molecule has 0 aliphatic rings. The minimum absolute atomic E-state index is 0.00279. The van der Waals surface area contributed by atoms with Gasteiger partial charge < -0.3 is 58.1 Å². The number of Topliss-reactive ketones (excluding diaryl/α,β-unsaturated/α-hetero) is 1. The summed E-state index contributed by atoms with van der Waals surface area (Å²) in [6.07, 6.45) is -1.16. The largest absolute Gasteiger partial charge is 0.508 e. The van der Waals surface area contributed by atoms with Crippen molar-refractivity contribution < 1.29 is 63.6 Å². The van der Waals surface area contributed by atoms with Gasteiger partial charge in [0.05, 0.1) is 12.5 Å². The summed E-state index contributed by atoms with van der Waals surface area (Å²) < 4.78 is 0. The SMILES string of the molecule is CC(C)C[C@H](NC(=O)C(NC(=O)[C@@H](N)C(C)C)c1cc(O)cc(O)c1)C(=O)N[C@H](Cc1ccccc1)C(=O)C(=O)N[C@H](C(=O)N[C@H](C(=O)N[C@@H](CC(=O)O)C(=O)O)C(C)C)C(C)C. The van der Waals surface area contributed by atoms with E-state index in [2.05, 4.69) is 31.9 Å². The molecule has 6 amide bonds. The Kier molecular flexibility index (Phi) is 20.2. The van der Waals surface area contributed by atoms with Gasteiger partial charge in [-0.2, -0.15) is 0 Å². The van der Waals surface area contributed by atoms with Crippen LogP contribution in [0.1, 0.15) is 85.4 Å². The van der Waals surface area contributed by atoms with Gasteiger partial charge in [-0.1, -0.05) is 85.7 Å². The lowest BCUT2D eigenvalue weighted by molar-refractivity contribution is -0.147. The summed E-state index contributed by atoms with van der Waals surface area (Å²) in [5.41, 5.74) is 6.51. The summed E-state index contributed by atoms with van der Waals surface area (Å²) in [7, 11) is 0. The molecule has 0 aromatic heterocycles. The molecule has 1 unspecified atom stereocenters. The zero-order valence-corrected chi connectivity index (χ0v) is 36.6. The minimum Gasteiger partial charge on any atom is -0.508 e. The zero-order valence-electron chi connectivity index (χ0n) is 36.6. The number of carbonyl (C=O) groups is 9. The molecule has 2 aromatic rings. The van der Waals surface area contributed by atoms with Gasteiger partial charge in [-0.25, -0.2) is 4.79 Å². The number of aliphatic carboxylic acids is 2. The third kappa shape index (κ3) is 16.7. The Balaban J connectivity index is 2.45. The van der Waals surface area contributed by atoms with E-state index < -0.39 is 125 Å². The van der Waals surface area contributed by atoms with Crippen LogP contribution < -0.4 is 37.6 Å². The Bertz CT molecular complexity index is 1950. The van der Waals surface area contributed by atoms with Crippen molar-refractivity contribution in [3.8, 4) is 11.5 Å². The number of rotatable bonds is 24. The highest BCUT2D eigenvalue weighted by molar-refractivity contribution is 6.39. The number of carboxylic acid groups (broad SMARTS) is 2. The van der Waals surface area contributed by atoms with Crippen LogP contribution in [0.5, 0.6) is 11.5 Å². The Morgan fingerprint density at radius 3 is 1.57 bits per heavy atom. The molecule has 7 atom stereocenters. The van der Waals surface area contributed by atoms with E-state index in [0.717, 1.165) is 18.2 Å². The van der Waals surface area contributed by atoms with E-state index in [1.54, 1.807) is 71.9 Å². The molecule has 0 radical (unpaired) electrons. The Labute approximate surface area is 365 Å². The predicted molar refractivity (Wildman–Crippen MR) is 227 cm³/mol. The second kappa shape index (κ2) is 24.2. The number of hydrogen-bond donors (Lipinski definition) is 11. The number of carbonyl (C=O) groups excluding carboxylic acids is 7. The number of amides is 6. The molecule has 0 heterocycles. The van der Waals surface area contributed by atoms with Crippen molar-refractivity contribution in [3.05, 3.63) is 59.7 Å². The van der Waals surface area contributed by atoms with Crippen LogP contribution in [0, 0.1) is 23.7 Å². The molecule has 0 aliphatic heterocycles. The van der Waals surface area contributed by atoms with Gasteiger partial charge in [0.1, 0.15) is 47.8 Å². The van der Waals surface area contributed by atoms with Crippen LogP contribution in [0.15, 0.2) is 48.5 Å². The average Bonchev–Trinajstić information content (AvgIpc) is 3.18. The molecule has 346 valence electrons. The van der Waals surface area contributed by atoms with E-state index >= 15 is 0 Å². The monoisotopic (exact) mass is 883 g/mol. The van der Waals surface area contributed by atoms with Crippen molar-refractivity contribution in [1.82, 2.24) is 31.9 Å². The summed E-state index contributed by atoms with van der Waals surface area (Å²) in [5, 5.41) is 53.5. The maximum absolute atomic E-state index is 14.1. The van der Waals surface area contributed by atoms with E-state index in [1.807, 2.05) is 0 Å². The highest BCUT2D eigenvalue weighted by Crippen LogP contribution is 2.26. The van der Waals surface area contributed by atoms with Gasteiger partial charge in [0.25, 0.3) is 5.91 Å². The van der Waals surface area contributed by atoms with Gasteiger partial charge in [-0.15, -0.1) is 0 Å². The summed E-state index contributed by atoms with van der Waals surface area (Å²) >= 11 is 0. The van der Waals surface area contributed by atoms with Gasteiger partial charge in [0.15, 0.2) is 0 Å². The number of nitrogens with two attached hydrogens (primary N) is 1. The highest BCUT2D eigenvalue weighted by Gasteiger charge is 2.37. The standard InChI is InChI=1S/C43H61N7O13/c1-20(2)14-29(46-41(60)35(50-38(57)32(44)21(3)4)25-16-26(51)18-27(52)17-25)37(56)45-28(15-24-12-10-9-11-13-24)36(55)42(61)49-34(23(7)8)40(59)48-33(22(5)6)39(58)47-30(43(62)63)19-31(53)54/h9-13,16-18,20-23,28-30,32-35,51-52H,14-15,19,44H2,1-8H3,(H,45,56)(H,46,60)(H,47,58)(H,48,59)(H,49,61)(H,50,57)(H,53,54)(H,62,63)/t28-,29+,30+,32+,33+,34+,35?/m1/s1. The van der Waals surface area contributed by atoms with Crippen LogP contribution >= 0.6 is 0 Å². The molecule has 20 heteroatoms. The van der Waals surface area contributed by atoms with Crippen molar-refractivity contribution in [2.45, 2.75) is 117 Å². The topological polar surface area (TPSA) is 333 Å². The first kappa shape index (κ1) is 52.6. The number of carboxylic acids is 2. The number of benzene rings is 2. The third-order valence-electron chi connectivity index (χ3n) is 9.78. The third-order valence-corrected chi connectivity index (χ3v) is 9.78. The first-order valence-corrected chi connectivity index (χ1v) is 20.5. The maximum Gasteiger partial charge on any atom is 0.326 e. The van der Waals surface area contributed by atoms with Crippen LogP contribution in [-0.2, 0) is 49.6 Å². The first-order valence-electron chi connectivity index (χ1n) is 20.5. The van der Waals surface area contributed by atoms with Crippen molar-refractivity contribution in [2.24, 2.45) is 29.4 Å². The average molecular weight is 884 g/mol. The summed E-state index contributed by atoms with van der Waals surface area (Å²) in [6.45, 7) is 13.0. The van der Waals surface area contributed by atoms with Gasteiger partial charge in [0.2, 0.25) is 35.3 Å². The second-order valence-electron chi connectivity index (χ2n) is 16.7. The Morgan fingerprint density at radius 2 is 1.08 bits per heavy atom. The van der Waals surface area contributed by atoms with E-state index in [4.69, 9.17) is 10.8 Å². The van der Waals surface area contributed by atoms with Gasteiger partial charge in [-0.05, 0) is 53.4 Å². The van der Waals surface area contributed by atoms with E-state index in [1.165, 1.54) is 13.8 Å². The number of ketones is 1. The Morgan fingerprint density at radius 1 is 0.571 bits per heavy atom. The number of aromatic hydroxyl groups is 2. The number of phenols is 2. The summed E-state index contributed by atoms with van der Waals surface area (Å²) in [6, 6.07) is 1.39. The van der Waals surface area contributed by atoms with Gasteiger partial charge in [-0.3, -0.25) is 38.4 Å². The molecule has 12 N–H and O–H groups in total. The molecular weight excluding hydrogens is 823 g/mol. The van der Waals surface area contributed by atoms with Gasteiger partial charge >= 0.3 is 11.9 Å². The molecule has 0 bridgehead atoms. The highest BCUT2D eigenvalue weighted by atomic mass is 16.4. The first-order chi connectivity index (χ1) is 29.3. The summed E-state index contributed by atoms with van der Waals surface area (Å²) in [5.74, 6) is -12.9. The molecule has 2 rings (SSSR count). The lowest BCUT2D eigenvalue weighted by Gasteiger charge is -2.28. The van der Waals surface area contributed by atoms with E-state index in [-0.39, 0.29) is 30.2 Å². The van der Waals surface area contributed by atoms with Crippen LogP contribution in [0.3, 0.4) is 0 Å². The fraction of sp³-hybridized carbons (Fsp3) is 0.512.